The Bertz CT molecular complexity index is 452. The monoisotopic (exact) mass is 152 g/mol. The van der Waals surface area contributed by atoms with Crippen molar-refractivity contribution < 1.29 is 0 Å². The van der Waals surface area contributed by atoms with Gasteiger partial charge in [0.05, 0.1) is 5.52 Å². The second-order valence-electron chi connectivity index (χ2n) is 2.49. The van der Waals surface area contributed by atoms with E-state index >= 15 is 0 Å². The molecule has 0 aliphatic carbocycles. The van der Waals surface area contributed by atoms with Crippen LogP contribution in [0.15, 0.2) is 30.5 Å². The van der Waals surface area contributed by atoms with Crippen LogP contribution < -0.4 is 0 Å². The maximum Gasteiger partial charge on any atom is 0.0703 e. The highest BCUT2D eigenvalue weighted by Gasteiger charge is 1.93. The molecule has 12 heavy (non-hydrogen) atoms. The van der Waals surface area contributed by atoms with Crippen LogP contribution in [0, 0.1) is 18.4 Å². The molecule has 2 rings (SSSR count). The van der Waals surface area contributed by atoms with Crippen LogP contribution in [0.4, 0.5) is 0 Å². The molecule has 0 saturated carbocycles. The predicted octanol–water partition coefficient (Wildman–Crippen LogP) is 2.02. The molecule has 1 nitrogen and oxygen atoms in total. The molecule has 0 fully saturated rings. The molecular formula is C11H6N. The third kappa shape index (κ3) is 1.04. The van der Waals surface area contributed by atoms with Crippen molar-refractivity contribution in [1.82, 2.24) is 4.98 Å². The highest BCUT2D eigenvalue weighted by atomic mass is 14.6. The summed E-state index contributed by atoms with van der Waals surface area (Å²) in [5.41, 5.74) is 1.76. The largest absolute Gasteiger partial charge is 0.255 e. The van der Waals surface area contributed by atoms with E-state index in [-0.39, 0.29) is 0 Å². The van der Waals surface area contributed by atoms with E-state index < -0.39 is 0 Å². The minimum Gasteiger partial charge on any atom is -0.255 e. The second-order valence-corrected chi connectivity index (χ2v) is 2.49. The van der Waals surface area contributed by atoms with Crippen molar-refractivity contribution in [3.8, 4) is 12.3 Å². The Hall–Kier alpha value is -1.81. The zero-order valence-corrected chi connectivity index (χ0v) is 6.41. The molecule has 1 aromatic heterocycles. The molecule has 0 saturated heterocycles. The van der Waals surface area contributed by atoms with Gasteiger partial charge < -0.3 is 0 Å². The molecule has 0 aliphatic rings. The molecular weight excluding hydrogens is 146 g/mol. The van der Waals surface area contributed by atoms with Crippen molar-refractivity contribution in [3.05, 3.63) is 42.1 Å². The minimum absolute atomic E-state index is 0.808. The van der Waals surface area contributed by atoms with Crippen LogP contribution in [0.25, 0.3) is 10.9 Å². The molecule has 1 heterocycles. The lowest BCUT2D eigenvalue weighted by molar-refractivity contribution is 1.39. The SMILES string of the molecule is C#Cc1cnc2cc[c]cc2c1. The van der Waals surface area contributed by atoms with Crippen LogP contribution in [0.2, 0.25) is 0 Å². The standard InChI is InChI=1S/C11H6N/c1-2-9-7-10-5-3-4-6-11(10)12-8-9/h1,4-8H. The van der Waals surface area contributed by atoms with Crippen LogP contribution in [-0.2, 0) is 0 Å². The van der Waals surface area contributed by atoms with Gasteiger partial charge in [0.1, 0.15) is 0 Å². The fourth-order valence-electron chi connectivity index (χ4n) is 1.09. The first-order valence-electron chi connectivity index (χ1n) is 3.62. The highest BCUT2D eigenvalue weighted by molar-refractivity contribution is 5.79. The number of pyridine rings is 1. The van der Waals surface area contributed by atoms with E-state index in [0.29, 0.717) is 0 Å². The fourth-order valence-corrected chi connectivity index (χ4v) is 1.09. The van der Waals surface area contributed by atoms with Crippen LogP contribution in [0.1, 0.15) is 5.56 Å². The van der Waals surface area contributed by atoms with E-state index in [2.05, 4.69) is 17.0 Å². The third-order valence-electron chi connectivity index (χ3n) is 1.69. The van der Waals surface area contributed by atoms with Gasteiger partial charge in [0, 0.05) is 17.1 Å². The van der Waals surface area contributed by atoms with Gasteiger partial charge in [-0.15, -0.1) is 6.42 Å². The number of aromatic nitrogens is 1. The zero-order valence-electron chi connectivity index (χ0n) is 6.41. The number of fused-ring (bicyclic) bond motifs is 1. The van der Waals surface area contributed by atoms with Gasteiger partial charge in [-0.2, -0.15) is 0 Å². The Morgan fingerprint density at radius 1 is 1.50 bits per heavy atom. The van der Waals surface area contributed by atoms with E-state index in [0.717, 1.165) is 16.5 Å². The van der Waals surface area contributed by atoms with Crippen molar-refractivity contribution in [2.45, 2.75) is 0 Å². The lowest BCUT2D eigenvalue weighted by Gasteiger charge is -1.95. The number of hydrogen-bond acceptors (Lipinski definition) is 1. The molecule has 0 unspecified atom stereocenters. The number of rotatable bonds is 0. The van der Waals surface area contributed by atoms with Gasteiger partial charge in [-0.1, -0.05) is 12.0 Å². The molecule has 0 atom stereocenters. The van der Waals surface area contributed by atoms with Crippen LogP contribution in [0.3, 0.4) is 0 Å². The number of hydrogen-bond donors (Lipinski definition) is 0. The molecule has 0 bridgehead atoms. The summed E-state index contributed by atoms with van der Waals surface area (Å²) in [5, 5.41) is 1.04. The summed E-state index contributed by atoms with van der Waals surface area (Å²) < 4.78 is 0. The summed E-state index contributed by atoms with van der Waals surface area (Å²) >= 11 is 0. The van der Waals surface area contributed by atoms with Crippen LogP contribution >= 0.6 is 0 Å². The fraction of sp³-hybridized carbons (Fsp3) is 0. The van der Waals surface area contributed by atoms with Gasteiger partial charge in [0.2, 0.25) is 0 Å². The summed E-state index contributed by atoms with van der Waals surface area (Å²) in [6, 6.07) is 10.5. The molecule has 1 radical (unpaired) electrons. The molecule has 0 spiro atoms. The summed E-state index contributed by atoms with van der Waals surface area (Å²) in [5.74, 6) is 2.54. The first kappa shape index (κ1) is 6.87. The van der Waals surface area contributed by atoms with E-state index in [1.807, 2.05) is 24.3 Å². The average molecular weight is 152 g/mol. The Morgan fingerprint density at radius 3 is 3.25 bits per heavy atom. The van der Waals surface area contributed by atoms with Gasteiger partial charge in [0.15, 0.2) is 0 Å². The normalized spacial score (nSPS) is 9.58. The van der Waals surface area contributed by atoms with E-state index in [1.165, 1.54) is 0 Å². The Morgan fingerprint density at radius 2 is 2.42 bits per heavy atom. The Labute approximate surface area is 71.1 Å². The van der Waals surface area contributed by atoms with Crippen molar-refractivity contribution >= 4 is 10.9 Å². The Balaban J connectivity index is 2.78. The van der Waals surface area contributed by atoms with Gasteiger partial charge in [-0.3, -0.25) is 4.98 Å². The van der Waals surface area contributed by atoms with Crippen LogP contribution in [0.5, 0.6) is 0 Å². The van der Waals surface area contributed by atoms with E-state index in [9.17, 15) is 0 Å². The number of benzene rings is 1. The van der Waals surface area contributed by atoms with E-state index in [1.54, 1.807) is 6.20 Å². The average Bonchev–Trinajstić information content (AvgIpc) is 2.17. The second kappa shape index (κ2) is 2.67. The van der Waals surface area contributed by atoms with Gasteiger partial charge >= 0.3 is 0 Å². The summed E-state index contributed by atoms with van der Waals surface area (Å²) in [7, 11) is 0. The minimum atomic E-state index is 0.808. The van der Waals surface area contributed by atoms with Crippen molar-refractivity contribution in [2.24, 2.45) is 0 Å². The summed E-state index contributed by atoms with van der Waals surface area (Å²) in [6.07, 6.45) is 6.94. The van der Waals surface area contributed by atoms with Crippen molar-refractivity contribution in [2.75, 3.05) is 0 Å². The topological polar surface area (TPSA) is 12.9 Å². The molecule has 2 aromatic rings. The first-order chi connectivity index (χ1) is 5.90. The zero-order chi connectivity index (χ0) is 8.39. The van der Waals surface area contributed by atoms with E-state index in [4.69, 9.17) is 6.42 Å². The van der Waals surface area contributed by atoms with Gasteiger partial charge in [0.25, 0.3) is 0 Å². The lowest BCUT2D eigenvalue weighted by Crippen LogP contribution is -1.80. The summed E-state index contributed by atoms with van der Waals surface area (Å²) in [6.45, 7) is 0. The number of terminal acetylenes is 1. The Kier molecular flexibility index (Phi) is 1.53. The molecule has 0 amide bonds. The van der Waals surface area contributed by atoms with Gasteiger partial charge in [-0.25, -0.2) is 0 Å². The molecule has 0 aliphatic heterocycles. The number of nitrogens with zero attached hydrogens (tertiary/aromatic N) is 1. The lowest BCUT2D eigenvalue weighted by atomic mass is 10.2. The first-order valence-corrected chi connectivity index (χ1v) is 3.62. The highest BCUT2D eigenvalue weighted by Crippen LogP contribution is 2.11. The smallest absolute Gasteiger partial charge is 0.0703 e. The quantitative estimate of drug-likeness (QED) is 0.526. The third-order valence-corrected chi connectivity index (χ3v) is 1.69. The van der Waals surface area contributed by atoms with Crippen molar-refractivity contribution in [1.29, 1.82) is 0 Å². The molecule has 1 heteroatoms. The predicted molar refractivity (Wildman–Crippen MR) is 48.5 cm³/mol. The molecule has 1 aromatic carbocycles. The summed E-state index contributed by atoms with van der Waals surface area (Å²) in [4.78, 5) is 4.19. The maximum absolute atomic E-state index is 5.24. The maximum atomic E-state index is 5.24. The molecule has 55 valence electrons. The van der Waals surface area contributed by atoms with Crippen LogP contribution in [-0.4, -0.2) is 4.98 Å². The van der Waals surface area contributed by atoms with Gasteiger partial charge in [-0.05, 0) is 24.3 Å². The molecule has 0 N–H and O–H groups in total. The van der Waals surface area contributed by atoms with Crippen molar-refractivity contribution in [3.63, 3.8) is 0 Å².